The van der Waals surface area contributed by atoms with Crippen molar-refractivity contribution in [2.45, 2.75) is 17.2 Å². The molecule has 2 aliphatic rings. The molecule has 0 saturated heterocycles. The van der Waals surface area contributed by atoms with Gasteiger partial charge in [-0.1, -0.05) is 170 Å². The number of allylic oxidation sites excluding steroid dienone is 4. The lowest BCUT2D eigenvalue weighted by atomic mass is 9.87. The molecule has 388 valence electrons. The third-order valence-electron chi connectivity index (χ3n) is 17.8. The molecule has 18 rings (SSSR count). The first-order valence-corrected chi connectivity index (χ1v) is 30.3. The first-order valence-electron chi connectivity index (χ1n) is 28.7. The van der Waals surface area contributed by atoms with Crippen molar-refractivity contribution in [2.24, 2.45) is 0 Å². The molecule has 12 aromatic carbocycles. The van der Waals surface area contributed by atoms with Gasteiger partial charge in [-0.25, -0.2) is 0 Å². The smallest absolute Gasteiger partial charge is 0.0541 e. The molecule has 0 bridgehead atoms. The number of rotatable bonds is 7. The van der Waals surface area contributed by atoms with Crippen LogP contribution in [0.25, 0.3) is 142 Å². The second-order valence-corrected chi connectivity index (χ2v) is 24.4. The number of para-hydroxylation sites is 3. The van der Waals surface area contributed by atoms with Crippen molar-refractivity contribution >= 4 is 114 Å². The van der Waals surface area contributed by atoms with E-state index in [4.69, 9.17) is 0 Å². The molecule has 5 heterocycles. The number of aromatic nitrogens is 3. The van der Waals surface area contributed by atoms with Crippen molar-refractivity contribution < 1.29 is 0 Å². The highest BCUT2D eigenvalue weighted by molar-refractivity contribution is 8.03. The molecular formula is C78H49N3S2. The van der Waals surface area contributed by atoms with Crippen LogP contribution < -0.4 is 0 Å². The maximum atomic E-state index is 2.46. The van der Waals surface area contributed by atoms with E-state index in [2.05, 4.69) is 293 Å². The second-order valence-electron chi connectivity index (χ2n) is 22.3. The molecule has 0 saturated carbocycles. The van der Waals surface area contributed by atoms with Crippen LogP contribution >= 0.6 is 23.1 Å². The highest BCUT2D eigenvalue weighted by Crippen LogP contribution is 2.55. The minimum Gasteiger partial charge on any atom is -0.309 e. The molecule has 1 aliphatic carbocycles. The average molecular weight is 1090 g/mol. The Morgan fingerprint density at radius 3 is 1.25 bits per heavy atom. The molecule has 0 N–H and O–H groups in total. The number of thioether (sulfide) groups is 1. The van der Waals surface area contributed by atoms with Gasteiger partial charge in [-0.15, -0.1) is 11.3 Å². The fourth-order valence-corrected chi connectivity index (χ4v) is 16.6. The summed E-state index contributed by atoms with van der Waals surface area (Å²) in [4.78, 5) is 2.85. The molecule has 83 heavy (non-hydrogen) atoms. The standard InChI is InChI=1S/C78H49N3S2/c1-4-16-54(17-5-1)79-69-36-30-48(50-32-38-71-65(44-50)67-46-52(34-40-73(67)80(71)55-18-6-2-7-19-55)57-24-14-26-61-59-22-10-12-28-75(59)82-77(57)61)42-63(69)64-43-49(31-37-70(64)79)51-33-39-72-66(45-51)68-47-53(35-41-74(68)81(72)56-20-8-3-9-21-56)58-25-15-27-62-60-23-11-13-29-76(60)83-78(58)62/h1-26,28-47,62H,27H2. The summed E-state index contributed by atoms with van der Waals surface area (Å²) in [5.74, 6) is 0.411. The predicted molar refractivity (Wildman–Crippen MR) is 354 cm³/mol. The summed E-state index contributed by atoms with van der Waals surface area (Å²) in [5, 5.41) is 10.1. The van der Waals surface area contributed by atoms with Crippen LogP contribution in [0.2, 0.25) is 0 Å². The van der Waals surface area contributed by atoms with Crippen molar-refractivity contribution in [3.8, 4) is 50.4 Å². The second kappa shape index (κ2) is 18.3. The molecule has 4 aromatic heterocycles. The number of benzene rings is 12. The molecule has 1 aliphatic heterocycles. The van der Waals surface area contributed by atoms with Crippen LogP contribution in [0.1, 0.15) is 23.5 Å². The van der Waals surface area contributed by atoms with Gasteiger partial charge in [0.15, 0.2) is 0 Å². The van der Waals surface area contributed by atoms with Crippen LogP contribution in [0, 0.1) is 0 Å². The predicted octanol–water partition coefficient (Wildman–Crippen LogP) is 21.9. The summed E-state index contributed by atoms with van der Waals surface area (Å²) in [6.45, 7) is 0. The zero-order valence-corrected chi connectivity index (χ0v) is 46.6. The van der Waals surface area contributed by atoms with Gasteiger partial charge in [-0.05, 0) is 178 Å². The summed E-state index contributed by atoms with van der Waals surface area (Å²) in [6.07, 6.45) is 5.79. The van der Waals surface area contributed by atoms with Gasteiger partial charge in [0.2, 0.25) is 0 Å². The molecular weight excluding hydrogens is 1040 g/mol. The third kappa shape index (κ3) is 7.18. The van der Waals surface area contributed by atoms with E-state index in [9.17, 15) is 0 Å². The monoisotopic (exact) mass is 1090 g/mol. The number of hydrogen-bond donors (Lipinski definition) is 0. The van der Waals surface area contributed by atoms with E-state index in [-0.39, 0.29) is 0 Å². The lowest BCUT2D eigenvalue weighted by molar-refractivity contribution is 0.841. The number of hydrogen-bond acceptors (Lipinski definition) is 2. The fourth-order valence-electron chi connectivity index (χ4n) is 14.0. The van der Waals surface area contributed by atoms with Crippen molar-refractivity contribution in [1.29, 1.82) is 0 Å². The van der Waals surface area contributed by atoms with E-state index < -0.39 is 0 Å². The first kappa shape index (κ1) is 46.8. The van der Waals surface area contributed by atoms with E-state index in [1.165, 1.54) is 145 Å². The van der Waals surface area contributed by atoms with Crippen LogP contribution in [0.5, 0.6) is 0 Å². The Bertz CT molecular complexity index is 5440. The van der Waals surface area contributed by atoms with Crippen molar-refractivity contribution in [3.63, 3.8) is 0 Å². The lowest BCUT2D eigenvalue weighted by Gasteiger charge is -2.19. The minimum atomic E-state index is 0.411. The Hall–Kier alpha value is -9.91. The number of thiophene rings is 1. The van der Waals surface area contributed by atoms with Gasteiger partial charge < -0.3 is 13.7 Å². The average Bonchev–Trinajstić information content (AvgIpc) is 2.50. The molecule has 0 radical (unpaired) electrons. The Morgan fingerprint density at radius 2 is 0.735 bits per heavy atom. The Morgan fingerprint density at radius 1 is 0.325 bits per heavy atom. The molecule has 0 amide bonds. The first-order chi connectivity index (χ1) is 41.1. The van der Waals surface area contributed by atoms with E-state index in [1.54, 1.807) is 0 Å². The van der Waals surface area contributed by atoms with Crippen molar-refractivity contribution in [1.82, 2.24) is 13.7 Å². The highest BCUT2D eigenvalue weighted by atomic mass is 32.2. The van der Waals surface area contributed by atoms with Gasteiger partial charge in [0.05, 0.1) is 33.1 Å². The topological polar surface area (TPSA) is 14.8 Å². The lowest BCUT2D eigenvalue weighted by Crippen LogP contribution is -2.01. The maximum Gasteiger partial charge on any atom is 0.0541 e. The zero-order valence-electron chi connectivity index (χ0n) is 45.0. The van der Waals surface area contributed by atoms with Crippen LogP contribution in [0.15, 0.2) is 289 Å². The summed E-state index contributed by atoms with van der Waals surface area (Å²) in [5.41, 5.74) is 21.9. The molecule has 1 atom stereocenters. The Labute approximate surface area is 487 Å². The fraction of sp³-hybridized carbons (Fsp3) is 0.0256. The van der Waals surface area contributed by atoms with Gasteiger partial charge in [0.1, 0.15) is 0 Å². The van der Waals surface area contributed by atoms with E-state index >= 15 is 0 Å². The normalized spacial score (nSPS) is 14.2. The third-order valence-corrected chi connectivity index (χ3v) is 20.3. The Kier molecular flexibility index (Phi) is 10.3. The van der Waals surface area contributed by atoms with Crippen molar-refractivity contribution in [2.75, 3.05) is 0 Å². The van der Waals surface area contributed by atoms with Gasteiger partial charge in [-0.3, -0.25) is 0 Å². The summed E-state index contributed by atoms with van der Waals surface area (Å²) in [7, 11) is 0. The van der Waals surface area contributed by atoms with E-state index in [0.717, 1.165) is 23.5 Å². The maximum absolute atomic E-state index is 2.46. The van der Waals surface area contributed by atoms with Crippen LogP contribution in [-0.4, -0.2) is 13.7 Å². The minimum absolute atomic E-state index is 0.411. The largest absolute Gasteiger partial charge is 0.309 e. The van der Waals surface area contributed by atoms with Crippen LogP contribution in [-0.2, 0) is 0 Å². The van der Waals surface area contributed by atoms with Crippen molar-refractivity contribution in [3.05, 3.63) is 295 Å². The molecule has 0 spiro atoms. The summed E-state index contributed by atoms with van der Waals surface area (Å²) in [6, 6.07) is 99.7. The van der Waals surface area contributed by atoms with Gasteiger partial charge in [0.25, 0.3) is 0 Å². The highest BCUT2D eigenvalue weighted by Gasteiger charge is 2.32. The van der Waals surface area contributed by atoms with E-state index in [1.807, 2.05) is 23.1 Å². The van der Waals surface area contributed by atoms with Gasteiger partial charge in [-0.2, -0.15) is 0 Å². The zero-order chi connectivity index (χ0) is 54.3. The van der Waals surface area contributed by atoms with Gasteiger partial charge in [0, 0.05) is 85.3 Å². The quantitative estimate of drug-likeness (QED) is 0.155. The number of nitrogens with zero attached hydrogens (tertiary/aromatic N) is 3. The molecule has 5 heteroatoms. The molecule has 1 unspecified atom stereocenters. The van der Waals surface area contributed by atoms with E-state index in [0.29, 0.717) is 5.92 Å². The van der Waals surface area contributed by atoms with Crippen LogP contribution in [0.3, 0.4) is 0 Å². The molecule has 0 fully saturated rings. The van der Waals surface area contributed by atoms with Gasteiger partial charge >= 0.3 is 0 Å². The molecule has 3 nitrogen and oxygen atoms in total. The summed E-state index contributed by atoms with van der Waals surface area (Å²) < 4.78 is 9.96. The SMILES string of the molecule is C1=CC(c2ccc3c(c2)c2cc(-c4ccc5c(c4)c4cc(-c6ccc7c(c6)c6cc(-c8cccc9c8sc8ccccc89)ccc6n7-c6ccccc6)ccc4n5-c4ccccc4)ccc2n3-c2ccccc2)=C2Sc3ccccc3C2C1. The summed E-state index contributed by atoms with van der Waals surface area (Å²) >= 11 is 3.85. The number of fused-ring (bicyclic) bond motifs is 15. The molecule has 16 aromatic rings. The Balaban J connectivity index is 0.804. The van der Waals surface area contributed by atoms with Crippen LogP contribution in [0.4, 0.5) is 0 Å².